The minimum Gasteiger partial charge on any atom is -0.492 e. The van der Waals surface area contributed by atoms with Crippen LogP contribution in [0.4, 0.5) is 5.82 Å². The van der Waals surface area contributed by atoms with E-state index in [1.165, 1.54) is 31.6 Å². The molecule has 2 heterocycles. The molecule has 10 nitrogen and oxygen atoms in total. The lowest BCUT2D eigenvalue weighted by Gasteiger charge is -2.35. The Morgan fingerprint density at radius 1 is 1.09 bits per heavy atom. The van der Waals surface area contributed by atoms with Crippen LogP contribution < -0.4 is 9.64 Å². The van der Waals surface area contributed by atoms with Crippen LogP contribution in [0.3, 0.4) is 0 Å². The number of piperazine rings is 1. The maximum absolute atomic E-state index is 13.3. The summed E-state index contributed by atoms with van der Waals surface area (Å²) < 4.78 is 34.5. The van der Waals surface area contributed by atoms with Crippen LogP contribution in [0.5, 0.6) is 5.75 Å². The molecule has 0 saturated carbocycles. The normalized spacial score (nSPS) is 14.3. The van der Waals surface area contributed by atoms with E-state index >= 15 is 0 Å². The first-order chi connectivity index (χ1) is 15.6. The molecule has 0 bridgehead atoms. The van der Waals surface area contributed by atoms with Gasteiger partial charge < -0.3 is 19.3 Å². The van der Waals surface area contributed by atoms with Gasteiger partial charge in [-0.3, -0.25) is 4.79 Å². The Morgan fingerprint density at radius 3 is 2.33 bits per heavy atom. The third-order valence-corrected chi connectivity index (χ3v) is 6.22. The number of anilines is 1. The second kappa shape index (κ2) is 10.2. The zero-order chi connectivity index (χ0) is 24.2. The van der Waals surface area contributed by atoms with Gasteiger partial charge in [0.1, 0.15) is 11.6 Å². The lowest BCUT2D eigenvalue weighted by Crippen LogP contribution is -2.49. The van der Waals surface area contributed by atoms with Gasteiger partial charge in [-0.25, -0.2) is 23.2 Å². The standard InChI is InChI=1S/C22H28N4O6S/c1-15(2)14-32-19-6-5-16(33(4,29)30)11-17(19)21(27)26-9-7-25(8-10-26)20-13-23-18(12-24-20)22(28)31-3/h5-6,11-13,15H,7-10,14H2,1-4H3. The van der Waals surface area contributed by atoms with E-state index in [0.29, 0.717) is 44.4 Å². The highest BCUT2D eigenvalue weighted by Crippen LogP contribution is 2.26. The maximum Gasteiger partial charge on any atom is 0.358 e. The molecule has 0 spiro atoms. The molecule has 2 aromatic rings. The number of rotatable bonds is 7. The Hall–Kier alpha value is -3.21. The van der Waals surface area contributed by atoms with Gasteiger partial charge >= 0.3 is 5.97 Å². The molecule has 1 aliphatic heterocycles. The van der Waals surface area contributed by atoms with Crippen molar-refractivity contribution in [3.8, 4) is 5.75 Å². The molecule has 0 N–H and O–H groups in total. The molecular weight excluding hydrogens is 448 g/mol. The summed E-state index contributed by atoms with van der Waals surface area (Å²) in [5, 5.41) is 0. The predicted molar refractivity (Wildman–Crippen MR) is 121 cm³/mol. The second-order valence-corrected chi connectivity index (χ2v) is 10.2. The SMILES string of the molecule is COC(=O)c1cnc(N2CCN(C(=O)c3cc(S(C)(=O)=O)ccc3OCC(C)C)CC2)cn1. The zero-order valence-electron chi connectivity index (χ0n) is 19.1. The van der Waals surface area contributed by atoms with Gasteiger partial charge in [-0.05, 0) is 24.1 Å². The summed E-state index contributed by atoms with van der Waals surface area (Å²) in [6.07, 6.45) is 3.96. The number of carbonyl (C=O) groups is 2. The van der Waals surface area contributed by atoms with E-state index in [1.54, 1.807) is 11.0 Å². The average molecular weight is 477 g/mol. The fraction of sp³-hybridized carbons (Fsp3) is 0.455. The number of ether oxygens (including phenoxy) is 2. The maximum atomic E-state index is 13.3. The molecule has 0 atom stereocenters. The molecule has 178 valence electrons. The van der Waals surface area contributed by atoms with E-state index < -0.39 is 15.8 Å². The Morgan fingerprint density at radius 2 is 1.79 bits per heavy atom. The van der Waals surface area contributed by atoms with Crippen LogP contribution in [-0.2, 0) is 14.6 Å². The van der Waals surface area contributed by atoms with Gasteiger partial charge in [-0.2, -0.15) is 0 Å². The second-order valence-electron chi connectivity index (χ2n) is 8.17. The number of sulfone groups is 1. The third-order valence-electron chi connectivity index (χ3n) is 5.11. The number of methoxy groups -OCH3 is 1. The van der Waals surface area contributed by atoms with E-state index in [1.807, 2.05) is 18.7 Å². The molecule has 0 radical (unpaired) electrons. The third kappa shape index (κ3) is 5.98. The van der Waals surface area contributed by atoms with E-state index in [0.717, 1.165) is 6.26 Å². The van der Waals surface area contributed by atoms with Crippen molar-refractivity contribution in [1.82, 2.24) is 14.9 Å². The van der Waals surface area contributed by atoms with E-state index in [4.69, 9.17) is 4.74 Å². The van der Waals surface area contributed by atoms with Crippen molar-refractivity contribution < 1.29 is 27.5 Å². The molecule has 33 heavy (non-hydrogen) atoms. The summed E-state index contributed by atoms with van der Waals surface area (Å²) >= 11 is 0. The molecule has 1 saturated heterocycles. The van der Waals surface area contributed by atoms with Crippen LogP contribution in [0.25, 0.3) is 0 Å². The van der Waals surface area contributed by atoms with Crippen LogP contribution in [0.1, 0.15) is 34.7 Å². The molecule has 11 heteroatoms. The van der Waals surface area contributed by atoms with E-state index in [2.05, 4.69) is 14.7 Å². The number of benzene rings is 1. The Bertz CT molecular complexity index is 1110. The molecular formula is C22H28N4O6S. The number of carbonyl (C=O) groups excluding carboxylic acids is 2. The number of hydrogen-bond acceptors (Lipinski definition) is 9. The van der Waals surface area contributed by atoms with Crippen molar-refractivity contribution in [1.29, 1.82) is 0 Å². The van der Waals surface area contributed by atoms with Gasteiger partial charge in [0.25, 0.3) is 5.91 Å². The highest BCUT2D eigenvalue weighted by Gasteiger charge is 2.26. The van der Waals surface area contributed by atoms with Crippen LogP contribution in [0, 0.1) is 5.92 Å². The molecule has 1 aromatic carbocycles. The van der Waals surface area contributed by atoms with Crippen molar-refractivity contribution in [2.75, 3.05) is 51.1 Å². The number of amides is 1. The number of nitrogens with zero attached hydrogens (tertiary/aromatic N) is 4. The first-order valence-corrected chi connectivity index (χ1v) is 12.4. The van der Waals surface area contributed by atoms with Crippen molar-refractivity contribution in [3.05, 3.63) is 41.9 Å². The average Bonchev–Trinajstić information content (AvgIpc) is 2.81. The quantitative estimate of drug-likeness (QED) is 0.550. The molecule has 1 aromatic heterocycles. The smallest absolute Gasteiger partial charge is 0.358 e. The summed E-state index contributed by atoms with van der Waals surface area (Å²) in [6, 6.07) is 4.38. The minimum absolute atomic E-state index is 0.0716. The summed E-state index contributed by atoms with van der Waals surface area (Å²) in [7, 11) is -2.20. The molecule has 1 fully saturated rings. The topological polar surface area (TPSA) is 119 Å². The van der Waals surface area contributed by atoms with Gasteiger partial charge in [0.2, 0.25) is 0 Å². The lowest BCUT2D eigenvalue weighted by molar-refractivity contribution is 0.0593. The van der Waals surface area contributed by atoms with Gasteiger partial charge in [0, 0.05) is 32.4 Å². The van der Waals surface area contributed by atoms with Crippen molar-refractivity contribution in [2.45, 2.75) is 18.7 Å². The monoisotopic (exact) mass is 476 g/mol. The summed E-state index contributed by atoms with van der Waals surface area (Å²) in [6.45, 7) is 6.22. The summed E-state index contributed by atoms with van der Waals surface area (Å²) in [5.74, 6) is 0.364. The number of esters is 1. The van der Waals surface area contributed by atoms with Crippen LogP contribution >= 0.6 is 0 Å². The zero-order valence-corrected chi connectivity index (χ0v) is 20.0. The molecule has 3 rings (SSSR count). The Labute approximate surface area is 193 Å². The highest BCUT2D eigenvalue weighted by atomic mass is 32.2. The molecule has 1 amide bonds. The van der Waals surface area contributed by atoms with Crippen LogP contribution in [0.15, 0.2) is 35.5 Å². The number of hydrogen-bond donors (Lipinski definition) is 0. The largest absolute Gasteiger partial charge is 0.492 e. The lowest BCUT2D eigenvalue weighted by atomic mass is 10.1. The fourth-order valence-electron chi connectivity index (χ4n) is 3.29. The summed E-state index contributed by atoms with van der Waals surface area (Å²) in [4.78, 5) is 36.8. The van der Waals surface area contributed by atoms with Gasteiger partial charge in [0.15, 0.2) is 15.5 Å². The molecule has 0 aliphatic carbocycles. The van der Waals surface area contributed by atoms with Crippen molar-refractivity contribution in [3.63, 3.8) is 0 Å². The van der Waals surface area contributed by atoms with E-state index in [9.17, 15) is 18.0 Å². The summed E-state index contributed by atoms with van der Waals surface area (Å²) in [5.41, 5.74) is 0.351. The van der Waals surface area contributed by atoms with Gasteiger partial charge in [-0.1, -0.05) is 13.8 Å². The molecule has 1 aliphatic rings. The fourth-order valence-corrected chi connectivity index (χ4v) is 3.94. The molecule has 0 unspecified atom stereocenters. The Balaban J connectivity index is 1.74. The first kappa shape index (κ1) is 24.4. The van der Waals surface area contributed by atoms with Crippen molar-refractivity contribution in [2.24, 2.45) is 5.92 Å². The Kier molecular flexibility index (Phi) is 7.52. The predicted octanol–water partition coefficient (Wildman–Crippen LogP) is 1.66. The van der Waals surface area contributed by atoms with Gasteiger partial charge in [0.05, 0.1) is 36.6 Å². The minimum atomic E-state index is -3.48. The van der Waals surface area contributed by atoms with Gasteiger partial charge in [-0.15, -0.1) is 0 Å². The van der Waals surface area contributed by atoms with Crippen LogP contribution in [-0.4, -0.2) is 81.3 Å². The highest BCUT2D eigenvalue weighted by molar-refractivity contribution is 7.90. The number of aromatic nitrogens is 2. The van der Waals surface area contributed by atoms with E-state index in [-0.39, 0.29) is 28.0 Å². The van der Waals surface area contributed by atoms with Crippen molar-refractivity contribution >= 4 is 27.5 Å². The van der Waals surface area contributed by atoms with Crippen LogP contribution in [0.2, 0.25) is 0 Å². The first-order valence-electron chi connectivity index (χ1n) is 10.5.